The summed E-state index contributed by atoms with van der Waals surface area (Å²) in [5.74, 6) is 0.0948. The summed E-state index contributed by atoms with van der Waals surface area (Å²) < 4.78 is 1.95. The predicted molar refractivity (Wildman–Crippen MR) is 78.9 cm³/mol. The lowest BCUT2D eigenvalue weighted by Crippen LogP contribution is -2.35. The van der Waals surface area contributed by atoms with Crippen molar-refractivity contribution >= 4 is 5.91 Å². The molecule has 1 heterocycles. The van der Waals surface area contributed by atoms with E-state index in [9.17, 15) is 4.79 Å². The molecule has 0 saturated heterocycles. The molecule has 0 atom stereocenters. The maximum Gasteiger partial charge on any atom is 0.240 e. The lowest BCUT2D eigenvalue weighted by atomic mass is 10.2. The topological polar surface area (TPSA) is 46.1 Å². The molecule has 4 nitrogen and oxygen atoms in total. The summed E-state index contributed by atoms with van der Waals surface area (Å²) in [4.78, 5) is 11.9. The minimum atomic E-state index is 0.0948. The van der Waals surface area contributed by atoms with Crippen molar-refractivity contribution in [1.29, 1.82) is 0 Å². The molecule has 0 aromatic carbocycles. The highest BCUT2D eigenvalue weighted by molar-refractivity contribution is 5.76. The second-order valence-electron chi connectivity index (χ2n) is 4.95. The molecule has 1 rings (SSSR count). The van der Waals surface area contributed by atoms with Crippen molar-refractivity contribution in [3.63, 3.8) is 0 Å². The summed E-state index contributed by atoms with van der Waals surface area (Å²) in [6.07, 6.45) is 7.11. The van der Waals surface area contributed by atoms with Gasteiger partial charge in [-0.25, -0.2) is 0 Å². The summed E-state index contributed by atoms with van der Waals surface area (Å²) in [7, 11) is 0. The van der Waals surface area contributed by atoms with Gasteiger partial charge in [0, 0.05) is 25.0 Å². The SMILES string of the molecule is CCCNCc1ccn(CC(=O)NC(CC)CC)c1. The van der Waals surface area contributed by atoms with Crippen molar-refractivity contribution in [2.45, 2.75) is 59.2 Å². The number of hydrogen-bond acceptors (Lipinski definition) is 2. The number of aromatic nitrogens is 1. The average molecular weight is 265 g/mol. The Kier molecular flexibility index (Phi) is 7.26. The van der Waals surface area contributed by atoms with Crippen molar-refractivity contribution < 1.29 is 4.79 Å². The van der Waals surface area contributed by atoms with Crippen LogP contribution >= 0.6 is 0 Å². The molecule has 1 aromatic rings. The van der Waals surface area contributed by atoms with Crippen molar-refractivity contribution in [3.05, 3.63) is 24.0 Å². The van der Waals surface area contributed by atoms with Crippen LogP contribution in [-0.2, 0) is 17.9 Å². The van der Waals surface area contributed by atoms with Gasteiger partial charge in [0.25, 0.3) is 0 Å². The van der Waals surface area contributed by atoms with Gasteiger partial charge in [-0.1, -0.05) is 20.8 Å². The summed E-state index contributed by atoms with van der Waals surface area (Å²) in [5.41, 5.74) is 1.23. The first-order chi connectivity index (χ1) is 9.19. The number of carbonyl (C=O) groups is 1. The minimum Gasteiger partial charge on any atom is -0.352 e. The molecule has 0 fully saturated rings. The molecule has 2 N–H and O–H groups in total. The third-order valence-corrected chi connectivity index (χ3v) is 3.24. The zero-order chi connectivity index (χ0) is 14.1. The smallest absolute Gasteiger partial charge is 0.240 e. The molecule has 1 aromatic heterocycles. The van der Waals surface area contributed by atoms with Crippen LogP contribution < -0.4 is 10.6 Å². The Balaban J connectivity index is 2.38. The van der Waals surface area contributed by atoms with Gasteiger partial charge >= 0.3 is 0 Å². The van der Waals surface area contributed by atoms with Crippen LogP contribution in [0.3, 0.4) is 0 Å². The Labute approximate surface area is 116 Å². The molecule has 0 unspecified atom stereocenters. The molecule has 0 aliphatic carbocycles. The number of hydrogen-bond donors (Lipinski definition) is 2. The van der Waals surface area contributed by atoms with Crippen molar-refractivity contribution in [1.82, 2.24) is 15.2 Å². The average Bonchev–Trinajstić information content (AvgIpc) is 2.83. The van der Waals surface area contributed by atoms with E-state index in [2.05, 4.69) is 37.5 Å². The van der Waals surface area contributed by atoms with E-state index in [0.717, 1.165) is 32.4 Å². The number of rotatable bonds is 9. The summed E-state index contributed by atoms with van der Waals surface area (Å²) in [6.45, 7) is 8.66. The normalized spacial score (nSPS) is 10.9. The van der Waals surface area contributed by atoms with E-state index < -0.39 is 0 Å². The molecule has 19 heavy (non-hydrogen) atoms. The Morgan fingerprint density at radius 3 is 2.68 bits per heavy atom. The summed E-state index contributed by atoms with van der Waals surface area (Å²) in [5, 5.41) is 6.41. The maximum atomic E-state index is 11.9. The molecule has 0 aliphatic heterocycles. The molecule has 0 bridgehead atoms. The quantitative estimate of drug-likeness (QED) is 0.673. The van der Waals surface area contributed by atoms with Gasteiger partial charge in [0.15, 0.2) is 0 Å². The Bertz CT molecular complexity index is 369. The van der Waals surface area contributed by atoms with E-state index >= 15 is 0 Å². The Morgan fingerprint density at radius 1 is 1.32 bits per heavy atom. The second-order valence-corrected chi connectivity index (χ2v) is 4.95. The molecule has 0 aliphatic rings. The molecule has 0 saturated carbocycles. The molecule has 1 amide bonds. The number of nitrogens with zero attached hydrogens (tertiary/aromatic N) is 1. The van der Waals surface area contributed by atoms with Crippen LogP contribution in [0.15, 0.2) is 18.5 Å². The first-order valence-corrected chi connectivity index (χ1v) is 7.34. The zero-order valence-corrected chi connectivity index (χ0v) is 12.4. The first-order valence-electron chi connectivity index (χ1n) is 7.34. The molecule has 0 radical (unpaired) electrons. The van der Waals surface area contributed by atoms with E-state index in [1.165, 1.54) is 5.56 Å². The van der Waals surface area contributed by atoms with E-state index in [1.54, 1.807) is 0 Å². The Hall–Kier alpha value is -1.29. The van der Waals surface area contributed by atoms with E-state index in [-0.39, 0.29) is 5.91 Å². The maximum absolute atomic E-state index is 11.9. The van der Waals surface area contributed by atoms with Crippen molar-refractivity contribution in [2.75, 3.05) is 6.54 Å². The van der Waals surface area contributed by atoms with Crippen LogP contribution in [0, 0.1) is 0 Å². The van der Waals surface area contributed by atoms with Gasteiger partial charge in [-0.2, -0.15) is 0 Å². The molecule has 108 valence electrons. The minimum absolute atomic E-state index is 0.0948. The predicted octanol–water partition coefficient (Wildman–Crippen LogP) is 2.29. The lowest BCUT2D eigenvalue weighted by molar-refractivity contribution is -0.122. The van der Waals surface area contributed by atoms with E-state index in [0.29, 0.717) is 12.6 Å². The number of amides is 1. The van der Waals surface area contributed by atoms with Crippen LogP contribution in [0.4, 0.5) is 0 Å². The highest BCUT2D eigenvalue weighted by Gasteiger charge is 2.08. The van der Waals surface area contributed by atoms with Crippen LogP contribution in [-0.4, -0.2) is 23.1 Å². The van der Waals surface area contributed by atoms with Gasteiger partial charge in [-0.15, -0.1) is 0 Å². The standard InChI is InChI=1S/C15H27N3O/c1-4-8-16-10-13-7-9-18(11-13)12-15(19)17-14(5-2)6-3/h7,9,11,14,16H,4-6,8,10,12H2,1-3H3,(H,17,19). The molecule has 0 spiro atoms. The highest BCUT2D eigenvalue weighted by atomic mass is 16.2. The first kappa shape index (κ1) is 15.8. The summed E-state index contributed by atoms with van der Waals surface area (Å²) in [6, 6.07) is 2.36. The largest absolute Gasteiger partial charge is 0.352 e. The number of nitrogens with one attached hydrogen (secondary N) is 2. The second kappa shape index (κ2) is 8.75. The fourth-order valence-electron chi connectivity index (χ4n) is 2.03. The van der Waals surface area contributed by atoms with Crippen LogP contribution in [0.2, 0.25) is 0 Å². The monoisotopic (exact) mass is 265 g/mol. The lowest BCUT2D eigenvalue weighted by Gasteiger charge is -2.14. The van der Waals surface area contributed by atoms with Crippen LogP contribution in [0.25, 0.3) is 0 Å². The molecular formula is C15H27N3O. The highest BCUT2D eigenvalue weighted by Crippen LogP contribution is 2.02. The van der Waals surface area contributed by atoms with Gasteiger partial charge in [-0.05, 0) is 37.4 Å². The van der Waals surface area contributed by atoms with Crippen LogP contribution in [0.5, 0.6) is 0 Å². The van der Waals surface area contributed by atoms with Gasteiger partial charge in [0.05, 0.1) is 0 Å². The van der Waals surface area contributed by atoms with Crippen molar-refractivity contribution in [3.8, 4) is 0 Å². The third-order valence-electron chi connectivity index (χ3n) is 3.24. The third kappa shape index (κ3) is 5.92. The number of carbonyl (C=O) groups excluding carboxylic acids is 1. The van der Waals surface area contributed by atoms with Crippen LogP contribution in [0.1, 0.15) is 45.6 Å². The van der Waals surface area contributed by atoms with Gasteiger partial charge in [-0.3, -0.25) is 4.79 Å². The fourth-order valence-corrected chi connectivity index (χ4v) is 2.03. The zero-order valence-electron chi connectivity index (χ0n) is 12.4. The van der Waals surface area contributed by atoms with E-state index in [1.807, 2.05) is 17.0 Å². The van der Waals surface area contributed by atoms with Crippen molar-refractivity contribution in [2.24, 2.45) is 0 Å². The van der Waals surface area contributed by atoms with Gasteiger partial charge in [0.2, 0.25) is 5.91 Å². The molecular weight excluding hydrogens is 238 g/mol. The van der Waals surface area contributed by atoms with E-state index in [4.69, 9.17) is 0 Å². The summed E-state index contributed by atoms with van der Waals surface area (Å²) >= 11 is 0. The Morgan fingerprint density at radius 2 is 2.05 bits per heavy atom. The fraction of sp³-hybridized carbons (Fsp3) is 0.667. The van der Waals surface area contributed by atoms with Gasteiger partial charge < -0.3 is 15.2 Å². The molecule has 4 heteroatoms. The van der Waals surface area contributed by atoms with Gasteiger partial charge in [0.1, 0.15) is 6.54 Å².